The van der Waals surface area contributed by atoms with E-state index < -0.39 is 26.6 Å². The molecule has 11 heteroatoms. The van der Waals surface area contributed by atoms with Crippen molar-refractivity contribution in [3.8, 4) is 0 Å². The number of sulfonamides is 1. The van der Waals surface area contributed by atoms with Crippen molar-refractivity contribution in [2.24, 2.45) is 5.10 Å². The van der Waals surface area contributed by atoms with E-state index in [1.165, 1.54) is 34.8 Å². The van der Waals surface area contributed by atoms with Crippen molar-refractivity contribution in [2.75, 3.05) is 18.5 Å². The Morgan fingerprint density at radius 2 is 1.90 bits per heavy atom. The lowest BCUT2D eigenvalue weighted by Gasteiger charge is -2.15. The molecule has 0 saturated carbocycles. The fourth-order valence-electron chi connectivity index (χ4n) is 2.97. The number of carbonyl (C=O) groups is 1. The maximum absolute atomic E-state index is 12.6. The molecule has 152 valence electrons. The zero-order chi connectivity index (χ0) is 21.0. The Bertz CT molecular complexity index is 1080. The van der Waals surface area contributed by atoms with E-state index in [0.29, 0.717) is 18.7 Å². The second kappa shape index (κ2) is 8.37. The van der Waals surface area contributed by atoms with Gasteiger partial charge in [0, 0.05) is 24.7 Å². The number of anilines is 1. The highest BCUT2D eigenvalue weighted by molar-refractivity contribution is 7.89. The van der Waals surface area contributed by atoms with Crippen molar-refractivity contribution in [1.29, 1.82) is 0 Å². The molecule has 0 unspecified atom stereocenters. The molecule has 0 spiro atoms. The molecule has 0 amide bonds. The molecule has 2 N–H and O–H groups in total. The molecule has 10 nitrogen and oxygen atoms in total. The molecule has 0 aromatic heterocycles. The first kappa shape index (κ1) is 20.4. The van der Waals surface area contributed by atoms with Crippen LogP contribution in [0.1, 0.15) is 28.8 Å². The first-order valence-electron chi connectivity index (χ1n) is 8.70. The first-order valence-corrected chi connectivity index (χ1v) is 10.1. The van der Waals surface area contributed by atoms with Crippen LogP contribution in [0.25, 0.3) is 0 Å². The number of nitro groups is 1. The van der Waals surface area contributed by atoms with Gasteiger partial charge in [0.1, 0.15) is 5.69 Å². The van der Waals surface area contributed by atoms with Gasteiger partial charge in [-0.15, -0.1) is 0 Å². The van der Waals surface area contributed by atoms with Crippen molar-refractivity contribution < 1.29 is 23.2 Å². The Balaban J connectivity index is 1.87. The van der Waals surface area contributed by atoms with Crippen LogP contribution in [0.3, 0.4) is 0 Å². The lowest BCUT2D eigenvalue weighted by Crippen LogP contribution is -2.27. The summed E-state index contributed by atoms with van der Waals surface area (Å²) < 4.78 is 26.5. The van der Waals surface area contributed by atoms with Crippen molar-refractivity contribution in [3.05, 3.63) is 63.7 Å². The average Bonchev–Trinajstić information content (AvgIpc) is 3.24. The monoisotopic (exact) mass is 418 g/mol. The summed E-state index contributed by atoms with van der Waals surface area (Å²) in [5, 5.41) is 24.5. The topological polar surface area (TPSA) is 142 Å². The third-order valence-corrected chi connectivity index (χ3v) is 6.34. The van der Waals surface area contributed by atoms with Crippen LogP contribution >= 0.6 is 0 Å². The number of nitrogens with zero attached hydrogens (tertiary/aromatic N) is 3. The summed E-state index contributed by atoms with van der Waals surface area (Å²) in [5.74, 6) is -1.13. The molecule has 29 heavy (non-hydrogen) atoms. The molecule has 1 aliphatic rings. The van der Waals surface area contributed by atoms with E-state index in [0.717, 1.165) is 18.9 Å². The van der Waals surface area contributed by atoms with Crippen LogP contribution in [0.4, 0.5) is 11.4 Å². The van der Waals surface area contributed by atoms with Gasteiger partial charge < -0.3 is 5.11 Å². The van der Waals surface area contributed by atoms with Gasteiger partial charge in [-0.3, -0.25) is 15.5 Å². The van der Waals surface area contributed by atoms with Crippen LogP contribution in [0.2, 0.25) is 0 Å². The number of aromatic carboxylic acids is 1. The Kier molecular flexibility index (Phi) is 5.89. The summed E-state index contributed by atoms with van der Waals surface area (Å²) in [6, 6.07) is 9.69. The predicted octanol–water partition coefficient (Wildman–Crippen LogP) is 2.52. The third-order valence-electron chi connectivity index (χ3n) is 4.45. The molecule has 1 aliphatic heterocycles. The van der Waals surface area contributed by atoms with E-state index in [-0.39, 0.29) is 16.1 Å². The van der Waals surface area contributed by atoms with Crippen LogP contribution < -0.4 is 5.43 Å². The van der Waals surface area contributed by atoms with Gasteiger partial charge in [-0.05, 0) is 31.0 Å². The number of hydrazone groups is 1. The van der Waals surface area contributed by atoms with Gasteiger partial charge in [-0.25, -0.2) is 13.2 Å². The largest absolute Gasteiger partial charge is 0.478 e. The highest BCUT2D eigenvalue weighted by Crippen LogP contribution is 2.30. The minimum Gasteiger partial charge on any atom is -0.478 e. The van der Waals surface area contributed by atoms with E-state index in [9.17, 15) is 23.3 Å². The summed E-state index contributed by atoms with van der Waals surface area (Å²) in [6.45, 7) is 0.785. The first-order chi connectivity index (χ1) is 13.8. The van der Waals surface area contributed by atoms with Gasteiger partial charge in [-0.2, -0.15) is 9.41 Å². The molecule has 0 bridgehead atoms. The van der Waals surface area contributed by atoms with Crippen molar-refractivity contribution in [2.45, 2.75) is 17.7 Å². The van der Waals surface area contributed by atoms with Crippen molar-refractivity contribution in [3.63, 3.8) is 0 Å². The molecule has 2 aromatic carbocycles. The number of nitrogens with one attached hydrogen (secondary N) is 1. The van der Waals surface area contributed by atoms with Crippen LogP contribution in [0.5, 0.6) is 0 Å². The molecule has 1 fully saturated rings. The molecular weight excluding hydrogens is 400 g/mol. The van der Waals surface area contributed by atoms with E-state index >= 15 is 0 Å². The third kappa shape index (κ3) is 4.41. The van der Waals surface area contributed by atoms with Gasteiger partial charge in [0.25, 0.3) is 5.69 Å². The van der Waals surface area contributed by atoms with Gasteiger partial charge in [0.2, 0.25) is 10.0 Å². The summed E-state index contributed by atoms with van der Waals surface area (Å²) in [5.41, 5.74) is 2.36. The molecule has 0 aliphatic carbocycles. The smallest absolute Gasteiger partial charge is 0.336 e. The zero-order valence-corrected chi connectivity index (χ0v) is 16.0. The fourth-order valence-corrected chi connectivity index (χ4v) is 4.51. The predicted molar refractivity (Wildman–Crippen MR) is 106 cm³/mol. The Morgan fingerprint density at radius 3 is 2.55 bits per heavy atom. The number of benzene rings is 2. The highest BCUT2D eigenvalue weighted by atomic mass is 32.2. The molecular formula is C18H18N4O6S. The maximum atomic E-state index is 12.6. The lowest BCUT2D eigenvalue weighted by atomic mass is 10.1. The highest BCUT2D eigenvalue weighted by Gasteiger charge is 2.29. The minimum absolute atomic E-state index is 0.0144. The number of carboxylic acids is 1. The average molecular weight is 418 g/mol. The van der Waals surface area contributed by atoms with Gasteiger partial charge >= 0.3 is 5.97 Å². The van der Waals surface area contributed by atoms with Gasteiger partial charge in [0.15, 0.2) is 0 Å². The molecule has 2 aromatic rings. The summed E-state index contributed by atoms with van der Waals surface area (Å²) in [6.07, 6.45) is 2.74. The second-order valence-electron chi connectivity index (χ2n) is 6.31. The molecule has 1 saturated heterocycles. The minimum atomic E-state index is -3.79. The summed E-state index contributed by atoms with van der Waals surface area (Å²) in [4.78, 5) is 21.8. The number of rotatable bonds is 7. The zero-order valence-electron chi connectivity index (χ0n) is 15.2. The van der Waals surface area contributed by atoms with E-state index in [1.807, 2.05) is 0 Å². The number of hydrogen-bond donors (Lipinski definition) is 2. The van der Waals surface area contributed by atoms with E-state index in [2.05, 4.69) is 10.5 Å². The van der Waals surface area contributed by atoms with Crippen LogP contribution in [0.15, 0.2) is 52.5 Å². The fraction of sp³-hybridized carbons (Fsp3) is 0.222. The van der Waals surface area contributed by atoms with Crippen LogP contribution in [-0.2, 0) is 10.0 Å². The molecule has 0 radical (unpaired) electrons. The SMILES string of the molecule is O=C(O)c1ccccc1/C=N\Nc1ccc(S(=O)(=O)N2CCCC2)cc1[N+](=O)[O-]. The number of hydrogen-bond acceptors (Lipinski definition) is 7. The van der Waals surface area contributed by atoms with Crippen molar-refractivity contribution in [1.82, 2.24) is 4.31 Å². The van der Waals surface area contributed by atoms with Crippen LogP contribution in [-0.4, -0.2) is 48.0 Å². The summed E-state index contributed by atoms with van der Waals surface area (Å²) in [7, 11) is -3.79. The quantitative estimate of drug-likeness (QED) is 0.399. The summed E-state index contributed by atoms with van der Waals surface area (Å²) >= 11 is 0. The van der Waals surface area contributed by atoms with Crippen LogP contribution in [0, 0.1) is 10.1 Å². The van der Waals surface area contributed by atoms with E-state index in [4.69, 9.17) is 5.11 Å². The number of nitro benzene ring substituents is 1. The lowest BCUT2D eigenvalue weighted by molar-refractivity contribution is -0.384. The Labute approximate surface area is 166 Å². The molecule has 1 heterocycles. The van der Waals surface area contributed by atoms with Crippen molar-refractivity contribution >= 4 is 33.6 Å². The normalized spacial score (nSPS) is 14.9. The second-order valence-corrected chi connectivity index (χ2v) is 8.25. The Morgan fingerprint density at radius 1 is 1.21 bits per heavy atom. The standard InChI is InChI=1S/C18H18N4O6S/c23-18(24)15-6-2-1-5-13(15)12-19-20-16-8-7-14(11-17(16)22(25)26)29(27,28)21-9-3-4-10-21/h1-2,5-8,11-12,20H,3-4,9-10H2,(H,23,24)/b19-12-. The van der Waals surface area contributed by atoms with Gasteiger partial charge in [0.05, 0.1) is 21.6 Å². The van der Waals surface area contributed by atoms with E-state index in [1.54, 1.807) is 12.1 Å². The van der Waals surface area contributed by atoms with Gasteiger partial charge in [-0.1, -0.05) is 18.2 Å². The molecule has 3 rings (SSSR count). The Hall–Kier alpha value is -3.31. The maximum Gasteiger partial charge on any atom is 0.336 e. The molecule has 0 atom stereocenters. The number of carboxylic acid groups (broad SMARTS) is 1.